The van der Waals surface area contributed by atoms with E-state index in [1.54, 1.807) is 7.11 Å². The fourth-order valence-corrected chi connectivity index (χ4v) is 3.34. The third-order valence-corrected chi connectivity index (χ3v) is 5.02. The molecule has 0 bridgehead atoms. The molecule has 0 aromatic heterocycles. The van der Waals surface area contributed by atoms with Gasteiger partial charge in [-0.15, -0.1) is 0 Å². The van der Waals surface area contributed by atoms with Crippen LogP contribution in [0, 0.1) is 11.3 Å². The molecule has 2 rings (SSSR count). The number of hydrazone groups is 1. The van der Waals surface area contributed by atoms with Crippen LogP contribution in [0.25, 0.3) is 0 Å². The van der Waals surface area contributed by atoms with E-state index in [9.17, 15) is 4.79 Å². The van der Waals surface area contributed by atoms with Crippen LogP contribution in [0.15, 0.2) is 53.2 Å². The maximum absolute atomic E-state index is 12.0. The van der Waals surface area contributed by atoms with Crippen molar-refractivity contribution in [1.29, 1.82) is 0 Å². The van der Waals surface area contributed by atoms with Crippen LogP contribution in [-0.4, -0.2) is 25.3 Å². The lowest BCUT2D eigenvalue weighted by Crippen LogP contribution is -2.27. The summed E-state index contributed by atoms with van der Waals surface area (Å²) < 4.78 is 5.11. The summed E-state index contributed by atoms with van der Waals surface area (Å²) in [5.74, 6) is 1.000. The Labute approximate surface area is 162 Å². The predicted molar refractivity (Wildman–Crippen MR) is 112 cm³/mol. The maximum atomic E-state index is 12.0. The van der Waals surface area contributed by atoms with Crippen molar-refractivity contribution >= 4 is 17.3 Å². The molecule has 0 spiro atoms. The van der Waals surface area contributed by atoms with E-state index in [-0.39, 0.29) is 17.9 Å². The van der Waals surface area contributed by atoms with Crippen molar-refractivity contribution < 1.29 is 9.53 Å². The Bertz CT molecular complexity index is 730. The first-order valence-corrected chi connectivity index (χ1v) is 9.38. The zero-order chi connectivity index (χ0) is 19.9. The summed E-state index contributed by atoms with van der Waals surface area (Å²) in [6.07, 6.45) is 8.84. The summed E-state index contributed by atoms with van der Waals surface area (Å²) in [6, 6.07) is 7.42. The van der Waals surface area contributed by atoms with E-state index < -0.39 is 0 Å². The zero-order valence-corrected chi connectivity index (χ0v) is 17.0. The van der Waals surface area contributed by atoms with Gasteiger partial charge in [0.25, 0.3) is 5.91 Å². The average molecular weight is 370 g/mol. The van der Waals surface area contributed by atoms with Crippen LogP contribution in [0.2, 0.25) is 0 Å². The standard InChI is InChI=1S/C22H31N3O2/c1-16-7-6-14-22(3,4)20(16)13-8-17(2)24-25-21(26)15-23-18-9-11-19(27-5)12-10-18/h7-13,20,23H,6,14-15H2,1-5H3,(H,25,26)/b13-8+,24-17-/t20-/m0/s1. The van der Waals surface area contributed by atoms with Crippen molar-refractivity contribution in [1.82, 2.24) is 5.43 Å². The summed E-state index contributed by atoms with van der Waals surface area (Å²) in [7, 11) is 1.62. The third-order valence-electron chi connectivity index (χ3n) is 5.02. The molecule has 2 N–H and O–H groups in total. The normalized spacial score (nSPS) is 19.5. The fourth-order valence-electron chi connectivity index (χ4n) is 3.34. The molecule has 1 amide bonds. The topological polar surface area (TPSA) is 62.7 Å². The van der Waals surface area contributed by atoms with Gasteiger partial charge in [0.2, 0.25) is 0 Å². The van der Waals surface area contributed by atoms with Crippen LogP contribution in [0.4, 0.5) is 5.69 Å². The van der Waals surface area contributed by atoms with E-state index >= 15 is 0 Å². The number of carbonyl (C=O) groups is 1. The summed E-state index contributed by atoms with van der Waals surface area (Å²) in [5, 5.41) is 7.23. The van der Waals surface area contributed by atoms with Gasteiger partial charge in [-0.05, 0) is 62.4 Å². The van der Waals surface area contributed by atoms with Crippen molar-refractivity contribution in [3.8, 4) is 5.75 Å². The molecule has 0 fully saturated rings. The smallest absolute Gasteiger partial charge is 0.259 e. The Hall–Kier alpha value is -2.56. The molecule has 146 valence electrons. The number of ether oxygens (including phenoxy) is 1. The highest BCUT2D eigenvalue weighted by atomic mass is 16.5. The largest absolute Gasteiger partial charge is 0.497 e. The quantitative estimate of drug-likeness (QED) is 0.421. The van der Waals surface area contributed by atoms with Crippen LogP contribution in [0.5, 0.6) is 5.75 Å². The Morgan fingerprint density at radius 1 is 1.33 bits per heavy atom. The Balaban J connectivity index is 1.84. The van der Waals surface area contributed by atoms with Gasteiger partial charge in [0.15, 0.2) is 0 Å². The first kappa shape index (κ1) is 20.7. The molecule has 1 atom stereocenters. The highest BCUT2D eigenvalue weighted by Crippen LogP contribution is 2.41. The number of hydrogen-bond donors (Lipinski definition) is 2. The van der Waals surface area contributed by atoms with Crippen molar-refractivity contribution in [3.63, 3.8) is 0 Å². The van der Waals surface area contributed by atoms with E-state index in [4.69, 9.17) is 4.74 Å². The second kappa shape index (κ2) is 9.40. The highest BCUT2D eigenvalue weighted by Gasteiger charge is 2.30. The van der Waals surface area contributed by atoms with Gasteiger partial charge in [-0.2, -0.15) is 5.10 Å². The van der Waals surface area contributed by atoms with Gasteiger partial charge in [0.1, 0.15) is 5.75 Å². The molecule has 0 heterocycles. The number of nitrogens with one attached hydrogen (secondary N) is 2. The summed E-state index contributed by atoms with van der Waals surface area (Å²) in [6.45, 7) is 8.84. The van der Waals surface area contributed by atoms with Gasteiger partial charge in [0.05, 0.1) is 19.4 Å². The molecule has 1 aromatic carbocycles. The molecular formula is C22H31N3O2. The van der Waals surface area contributed by atoms with E-state index in [1.807, 2.05) is 37.3 Å². The molecule has 0 unspecified atom stereocenters. The lowest BCUT2D eigenvalue weighted by Gasteiger charge is -2.36. The molecule has 1 aromatic rings. The molecular weight excluding hydrogens is 338 g/mol. The molecule has 0 radical (unpaired) electrons. The highest BCUT2D eigenvalue weighted by molar-refractivity contribution is 5.94. The van der Waals surface area contributed by atoms with E-state index in [1.165, 1.54) is 12.0 Å². The van der Waals surface area contributed by atoms with E-state index in [0.29, 0.717) is 5.92 Å². The minimum atomic E-state index is -0.187. The lowest BCUT2D eigenvalue weighted by molar-refractivity contribution is -0.119. The molecule has 5 nitrogen and oxygen atoms in total. The van der Waals surface area contributed by atoms with Crippen LogP contribution < -0.4 is 15.5 Å². The number of amides is 1. The average Bonchev–Trinajstić information content (AvgIpc) is 2.64. The Morgan fingerprint density at radius 3 is 2.67 bits per heavy atom. The first-order valence-electron chi connectivity index (χ1n) is 9.38. The molecule has 0 aliphatic heterocycles. The molecule has 5 heteroatoms. The van der Waals surface area contributed by atoms with Crippen molar-refractivity contribution in [3.05, 3.63) is 48.1 Å². The SMILES string of the molecule is COc1ccc(NCC(=O)N/N=C(C)\C=C\[C@H]2C(C)=CCCC2(C)C)cc1. The van der Waals surface area contributed by atoms with Gasteiger partial charge in [-0.1, -0.05) is 31.6 Å². The summed E-state index contributed by atoms with van der Waals surface area (Å²) in [4.78, 5) is 12.0. The van der Waals surface area contributed by atoms with Crippen molar-refractivity contribution in [2.75, 3.05) is 19.0 Å². The number of benzene rings is 1. The number of allylic oxidation sites excluding steroid dienone is 4. The van der Waals surface area contributed by atoms with Crippen molar-refractivity contribution in [2.24, 2.45) is 16.4 Å². The van der Waals surface area contributed by atoms with E-state index in [0.717, 1.165) is 23.6 Å². The number of hydrogen-bond acceptors (Lipinski definition) is 4. The molecule has 0 saturated heterocycles. The van der Waals surface area contributed by atoms with Crippen molar-refractivity contribution in [2.45, 2.75) is 40.5 Å². The van der Waals surface area contributed by atoms with E-state index in [2.05, 4.69) is 48.8 Å². The van der Waals surface area contributed by atoms with Crippen LogP contribution in [0.1, 0.15) is 40.5 Å². The number of rotatable bonds is 7. The molecule has 1 aliphatic rings. The van der Waals surface area contributed by atoms with Gasteiger partial charge in [-0.25, -0.2) is 5.43 Å². The van der Waals surface area contributed by atoms with Crippen LogP contribution in [-0.2, 0) is 4.79 Å². The third kappa shape index (κ3) is 6.27. The Kier molecular flexibility index (Phi) is 7.22. The molecule has 27 heavy (non-hydrogen) atoms. The van der Waals surface area contributed by atoms with Gasteiger partial charge < -0.3 is 10.1 Å². The fraction of sp³-hybridized carbons (Fsp3) is 0.455. The second-order valence-electron chi connectivity index (χ2n) is 7.68. The number of methoxy groups -OCH3 is 1. The van der Waals surface area contributed by atoms with Crippen LogP contribution in [0.3, 0.4) is 0 Å². The molecule has 1 aliphatic carbocycles. The summed E-state index contributed by atoms with van der Waals surface area (Å²) >= 11 is 0. The lowest BCUT2D eigenvalue weighted by atomic mass is 9.68. The predicted octanol–water partition coefficient (Wildman–Crippen LogP) is 4.54. The molecule has 0 saturated carbocycles. The van der Waals surface area contributed by atoms with Gasteiger partial charge in [0, 0.05) is 11.6 Å². The van der Waals surface area contributed by atoms with Crippen LogP contribution >= 0.6 is 0 Å². The Morgan fingerprint density at radius 2 is 2.04 bits per heavy atom. The first-order chi connectivity index (χ1) is 12.8. The maximum Gasteiger partial charge on any atom is 0.259 e. The number of carbonyl (C=O) groups excluding carboxylic acids is 1. The summed E-state index contributed by atoms with van der Waals surface area (Å²) in [5.41, 5.74) is 5.88. The number of nitrogens with zero attached hydrogens (tertiary/aromatic N) is 1. The van der Waals surface area contributed by atoms with Gasteiger partial charge in [-0.3, -0.25) is 4.79 Å². The monoisotopic (exact) mass is 369 g/mol. The second-order valence-corrected chi connectivity index (χ2v) is 7.68. The number of anilines is 1. The van der Waals surface area contributed by atoms with Gasteiger partial charge >= 0.3 is 0 Å². The minimum Gasteiger partial charge on any atom is -0.497 e. The minimum absolute atomic E-state index is 0.157. The zero-order valence-electron chi connectivity index (χ0n) is 17.0.